The summed E-state index contributed by atoms with van der Waals surface area (Å²) in [6, 6.07) is 14.9. The molecule has 0 aliphatic heterocycles. The summed E-state index contributed by atoms with van der Waals surface area (Å²) in [5.41, 5.74) is 0.907. The van der Waals surface area contributed by atoms with Crippen LogP contribution in [0, 0.1) is 11.6 Å². The van der Waals surface area contributed by atoms with E-state index in [0.717, 1.165) is 17.7 Å². The van der Waals surface area contributed by atoms with Gasteiger partial charge in [-0.1, -0.05) is 44.2 Å². The summed E-state index contributed by atoms with van der Waals surface area (Å²) in [4.78, 5) is 29.0. The minimum atomic E-state index is -0.905. The van der Waals surface area contributed by atoms with Crippen LogP contribution in [0.2, 0.25) is 0 Å². The Morgan fingerprint density at radius 1 is 0.793 bits per heavy atom. The van der Waals surface area contributed by atoms with Crippen LogP contribution < -0.4 is 10.6 Å². The van der Waals surface area contributed by atoms with Gasteiger partial charge in [-0.2, -0.15) is 0 Å². The second kappa shape index (κ2) is 8.60. The second-order valence-corrected chi connectivity index (χ2v) is 6.65. The first-order chi connectivity index (χ1) is 13.9. The lowest BCUT2D eigenvalue weighted by Gasteiger charge is -2.13. The molecule has 3 rings (SSSR count). The van der Waals surface area contributed by atoms with Gasteiger partial charge in [-0.25, -0.2) is 13.8 Å². The van der Waals surface area contributed by atoms with Crippen LogP contribution in [0.25, 0.3) is 0 Å². The summed E-state index contributed by atoms with van der Waals surface area (Å²) < 4.78 is 27.5. The maximum Gasteiger partial charge on any atom is 0.274 e. The molecule has 0 aliphatic carbocycles. The van der Waals surface area contributed by atoms with Crippen LogP contribution in [-0.4, -0.2) is 16.8 Å². The van der Waals surface area contributed by atoms with Gasteiger partial charge in [0.15, 0.2) is 0 Å². The van der Waals surface area contributed by atoms with Crippen LogP contribution in [0.4, 0.5) is 20.2 Å². The number of carbonyl (C=O) groups is 2. The summed E-state index contributed by atoms with van der Waals surface area (Å²) in [5, 5.41) is 4.94. The molecule has 0 atom stereocenters. The summed E-state index contributed by atoms with van der Waals surface area (Å²) in [7, 11) is 0. The fourth-order valence-corrected chi connectivity index (χ4v) is 2.78. The van der Waals surface area contributed by atoms with E-state index in [1.165, 1.54) is 24.3 Å². The number of hydrogen-bond donors (Lipinski definition) is 2. The Kier molecular flexibility index (Phi) is 5.97. The minimum Gasteiger partial charge on any atom is -0.320 e. The number of para-hydroxylation sites is 2. The van der Waals surface area contributed by atoms with Gasteiger partial charge < -0.3 is 10.6 Å². The number of anilines is 2. The zero-order valence-corrected chi connectivity index (χ0v) is 15.9. The van der Waals surface area contributed by atoms with E-state index < -0.39 is 29.1 Å². The van der Waals surface area contributed by atoms with Gasteiger partial charge in [-0.05, 0) is 41.8 Å². The molecular weight excluding hydrogens is 376 g/mol. The maximum atomic E-state index is 13.7. The van der Waals surface area contributed by atoms with E-state index in [-0.39, 0.29) is 17.3 Å². The Balaban J connectivity index is 1.81. The molecule has 0 saturated carbocycles. The molecule has 3 aromatic rings. The van der Waals surface area contributed by atoms with Gasteiger partial charge in [0.05, 0.1) is 0 Å². The number of pyridine rings is 1. The molecule has 2 N–H and O–H groups in total. The number of rotatable bonds is 5. The smallest absolute Gasteiger partial charge is 0.274 e. The molecule has 7 heteroatoms. The van der Waals surface area contributed by atoms with E-state index in [2.05, 4.69) is 15.6 Å². The number of aromatic nitrogens is 1. The molecule has 0 radical (unpaired) electrons. The normalized spacial score (nSPS) is 10.7. The fourth-order valence-electron chi connectivity index (χ4n) is 2.78. The monoisotopic (exact) mass is 395 g/mol. The molecule has 1 heterocycles. The third-order valence-corrected chi connectivity index (χ3v) is 4.25. The summed E-state index contributed by atoms with van der Waals surface area (Å²) >= 11 is 0. The predicted octanol–water partition coefficient (Wildman–Crippen LogP) is 4.99. The lowest BCUT2D eigenvalue weighted by Crippen LogP contribution is -2.20. The number of amides is 2. The Hall–Kier alpha value is -3.61. The van der Waals surface area contributed by atoms with E-state index in [1.54, 1.807) is 6.07 Å². The van der Waals surface area contributed by atoms with Gasteiger partial charge >= 0.3 is 0 Å². The molecule has 0 unspecified atom stereocenters. The van der Waals surface area contributed by atoms with Crippen molar-refractivity contribution in [3.8, 4) is 0 Å². The second-order valence-electron chi connectivity index (χ2n) is 6.65. The zero-order chi connectivity index (χ0) is 21.0. The molecule has 29 heavy (non-hydrogen) atoms. The molecule has 1 aromatic heterocycles. The Bertz CT molecular complexity index is 1050. The molecule has 0 aliphatic rings. The largest absolute Gasteiger partial charge is 0.320 e. The van der Waals surface area contributed by atoms with Crippen LogP contribution in [0.3, 0.4) is 0 Å². The van der Waals surface area contributed by atoms with Crippen molar-refractivity contribution >= 4 is 23.2 Å². The molecule has 2 amide bonds. The highest BCUT2D eigenvalue weighted by atomic mass is 19.1. The molecule has 0 bridgehead atoms. The van der Waals surface area contributed by atoms with Crippen molar-refractivity contribution in [2.45, 2.75) is 19.8 Å². The molecule has 2 aromatic carbocycles. The quantitative estimate of drug-likeness (QED) is 0.640. The Morgan fingerprint density at radius 3 is 1.97 bits per heavy atom. The molecule has 0 spiro atoms. The number of hydrogen-bond acceptors (Lipinski definition) is 3. The van der Waals surface area contributed by atoms with Gasteiger partial charge in [-0.15, -0.1) is 0 Å². The number of nitrogens with zero attached hydrogens (tertiary/aromatic N) is 1. The van der Waals surface area contributed by atoms with E-state index >= 15 is 0 Å². The van der Waals surface area contributed by atoms with E-state index in [0.29, 0.717) is 5.69 Å². The van der Waals surface area contributed by atoms with E-state index in [9.17, 15) is 18.4 Å². The minimum absolute atomic E-state index is 0.00483. The van der Waals surface area contributed by atoms with Gasteiger partial charge in [-0.3, -0.25) is 9.59 Å². The summed E-state index contributed by atoms with van der Waals surface area (Å²) in [6.07, 6.45) is 0. The van der Waals surface area contributed by atoms with E-state index in [4.69, 9.17) is 0 Å². The van der Waals surface area contributed by atoms with Crippen LogP contribution in [0.1, 0.15) is 46.3 Å². The van der Waals surface area contributed by atoms with Crippen molar-refractivity contribution in [2.75, 3.05) is 10.6 Å². The molecule has 148 valence electrons. The number of carbonyl (C=O) groups excluding carboxylic acids is 2. The average molecular weight is 395 g/mol. The van der Waals surface area contributed by atoms with Crippen LogP contribution in [-0.2, 0) is 0 Å². The highest BCUT2D eigenvalue weighted by Gasteiger charge is 2.17. The third-order valence-electron chi connectivity index (χ3n) is 4.25. The molecule has 0 fully saturated rings. The lowest BCUT2D eigenvalue weighted by atomic mass is 10.0. The van der Waals surface area contributed by atoms with Crippen molar-refractivity contribution in [3.05, 3.63) is 89.2 Å². The number of halogens is 2. The summed E-state index contributed by atoms with van der Waals surface area (Å²) in [5.74, 6) is -2.93. The first-order valence-corrected chi connectivity index (χ1v) is 8.99. The molecule has 0 saturated heterocycles. The number of nitrogens with one attached hydrogen (secondary N) is 2. The van der Waals surface area contributed by atoms with Gasteiger partial charge in [0.1, 0.15) is 28.7 Å². The maximum absolute atomic E-state index is 13.7. The van der Waals surface area contributed by atoms with Gasteiger partial charge in [0.2, 0.25) is 0 Å². The van der Waals surface area contributed by atoms with Crippen molar-refractivity contribution in [1.29, 1.82) is 0 Å². The third kappa shape index (κ3) is 4.63. The van der Waals surface area contributed by atoms with Gasteiger partial charge in [0.25, 0.3) is 11.8 Å². The van der Waals surface area contributed by atoms with Gasteiger partial charge in [0, 0.05) is 5.69 Å². The highest BCUT2D eigenvalue weighted by molar-refractivity contribution is 6.06. The lowest BCUT2D eigenvalue weighted by molar-refractivity contribution is 0.101. The Labute approximate surface area is 166 Å². The van der Waals surface area contributed by atoms with Crippen LogP contribution in [0.15, 0.2) is 60.7 Å². The van der Waals surface area contributed by atoms with Crippen molar-refractivity contribution in [2.24, 2.45) is 0 Å². The summed E-state index contributed by atoms with van der Waals surface area (Å²) in [6.45, 7) is 4.02. The average Bonchev–Trinajstić information content (AvgIpc) is 2.71. The Morgan fingerprint density at radius 2 is 1.34 bits per heavy atom. The van der Waals surface area contributed by atoms with Crippen LogP contribution in [0.5, 0.6) is 0 Å². The van der Waals surface area contributed by atoms with E-state index in [1.807, 2.05) is 32.0 Å². The zero-order valence-electron chi connectivity index (χ0n) is 15.9. The van der Waals surface area contributed by atoms with Crippen LogP contribution >= 0.6 is 0 Å². The highest BCUT2D eigenvalue weighted by Crippen LogP contribution is 2.24. The molecular formula is C22H19F2N3O2. The topological polar surface area (TPSA) is 71.1 Å². The number of benzene rings is 2. The first-order valence-electron chi connectivity index (χ1n) is 8.99. The molecule has 5 nitrogen and oxygen atoms in total. The SMILES string of the molecule is CC(C)c1ccccc1NC(=O)c1cccc(C(=O)Nc2c(F)cccc2F)n1. The van der Waals surface area contributed by atoms with Crippen molar-refractivity contribution in [3.63, 3.8) is 0 Å². The standard InChI is InChI=1S/C22H19F2N3O2/c1-13(2)14-7-3-4-10-17(14)26-21(28)18-11-6-12-19(25-18)22(29)27-20-15(23)8-5-9-16(20)24/h3-13H,1-2H3,(H,26,28)(H,27,29). The van der Waals surface area contributed by atoms with Crippen molar-refractivity contribution < 1.29 is 18.4 Å². The fraction of sp³-hybridized carbons (Fsp3) is 0.136. The predicted molar refractivity (Wildman–Crippen MR) is 107 cm³/mol. The van der Waals surface area contributed by atoms with Crippen molar-refractivity contribution in [1.82, 2.24) is 4.98 Å². The first kappa shape index (κ1) is 20.1.